The quantitative estimate of drug-likeness (QED) is 0.463. The van der Waals surface area contributed by atoms with E-state index >= 15 is 0 Å². The van der Waals surface area contributed by atoms with Gasteiger partial charge in [-0.25, -0.2) is 21.6 Å². The van der Waals surface area contributed by atoms with Crippen molar-refractivity contribution in [3.8, 4) is 0 Å². The molecule has 1 N–H and O–H groups in total. The van der Waals surface area contributed by atoms with Crippen molar-refractivity contribution in [1.82, 2.24) is 13.9 Å². The lowest BCUT2D eigenvalue weighted by atomic mass is 9.88. The number of piperidine rings is 1. The Hall–Kier alpha value is -2.53. The van der Waals surface area contributed by atoms with Gasteiger partial charge >= 0.3 is 0 Å². The van der Waals surface area contributed by atoms with Gasteiger partial charge in [0.05, 0.1) is 10.8 Å². The number of amides is 1. The van der Waals surface area contributed by atoms with E-state index in [4.69, 9.17) is 0 Å². The fourth-order valence-corrected chi connectivity index (χ4v) is 8.08. The molecular weight excluding hydrogens is 534 g/mol. The number of sulfonamides is 2. The molecule has 39 heavy (non-hydrogen) atoms. The van der Waals surface area contributed by atoms with E-state index in [2.05, 4.69) is 25.1 Å². The van der Waals surface area contributed by atoms with Crippen LogP contribution in [0.1, 0.15) is 63.0 Å². The highest BCUT2D eigenvalue weighted by molar-refractivity contribution is 7.92. The standard InChI is InChI=1S/C29H39N3O5S2/c1-4-38(34,35)30-21-26-14-9-19-31(26)39(36,37)27-17-15-25(16-18-27)28(20-24-12-6-5-7-13-24)29(33)32-22(2)10-8-11-23(32)3/h4-7,12-13,15-18,22-23,26,28,30H,1,8-11,14,19-21H2,2-3H3/t22-,23+,26-,28?/m1/s1. The van der Waals surface area contributed by atoms with E-state index in [9.17, 15) is 21.6 Å². The van der Waals surface area contributed by atoms with E-state index in [1.807, 2.05) is 35.2 Å². The number of carbonyl (C=O) groups is 1. The Bertz CT molecular complexity index is 1350. The van der Waals surface area contributed by atoms with Crippen LogP contribution in [0.15, 0.2) is 71.5 Å². The Balaban J connectivity index is 1.59. The lowest BCUT2D eigenvalue weighted by molar-refractivity contribution is -0.139. The van der Waals surface area contributed by atoms with Crippen LogP contribution in [0.2, 0.25) is 0 Å². The number of likely N-dealkylation sites (tertiary alicyclic amines) is 1. The predicted octanol–water partition coefficient (Wildman–Crippen LogP) is 4.02. The van der Waals surface area contributed by atoms with Crippen LogP contribution in [0.4, 0.5) is 0 Å². The monoisotopic (exact) mass is 573 g/mol. The second kappa shape index (κ2) is 12.3. The lowest BCUT2D eigenvalue weighted by Crippen LogP contribution is -2.49. The molecule has 4 atom stereocenters. The Kier molecular flexibility index (Phi) is 9.31. The molecule has 2 aromatic carbocycles. The maximum Gasteiger partial charge on any atom is 0.243 e. The molecule has 0 spiro atoms. The summed E-state index contributed by atoms with van der Waals surface area (Å²) in [6, 6.07) is 16.4. The van der Waals surface area contributed by atoms with Crippen molar-refractivity contribution in [2.45, 2.75) is 81.3 Å². The SMILES string of the molecule is C=CS(=O)(=O)NC[C@H]1CCCN1S(=O)(=O)c1ccc(C(Cc2ccccc2)C(=O)N2[C@H](C)CCC[C@@H]2C)cc1. The van der Waals surface area contributed by atoms with Gasteiger partial charge in [0.15, 0.2) is 0 Å². The number of carbonyl (C=O) groups excluding carboxylic acids is 1. The first kappa shape index (κ1) is 29.5. The zero-order valence-electron chi connectivity index (χ0n) is 22.7. The van der Waals surface area contributed by atoms with Gasteiger partial charge in [-0.1, -0.05) is 49.0 Å². The second-order valence-corrected chi connectivity index (χ2v) is 14.3. The zero-order chi connectivity index (χ0) is 28.2. The summed E-state index contributed by atoms with van der Waals surface area (Å²) < 4.78 is 54.4. The highest BCUT2D eigenvalue weighted by Crippen LogP contribution is 2.32. The van der Waals surface area contributed by atoms with Gasteiger partial charge < -0.3 is 4.90 Å². The summed E-state index contributed by atoms with van der Waals surface area (Å²) in [5.41, 5.74) is 1.83. The van der Waals surface area contributed by atoms with E-state index in [1.54, 1.807) is 24.3 Å². The lowest BCUT2D eigenvalue weighted by Gasteiger charge is -2.41. The third kappa shape index (κ3) is 6.80. The molecule has 1 amide bonds. The average Bonchev–Trinajstić information content (AvgIpc) is 3.41. The van der Waals surface area contributed by atoms with Crippen LogP contribution in [-0.4, -0.2) is 63.2 Å². The largest absolute Gasteiger partial charge is 0.337 e. The van der Waals surface area contributed by atoms with Gasteiger partial charge in [-0.05, 0) is 75.6 Å². The molecule has 0 saturated carbocycles. The maximum absolute atomic E-state index is 14.0. The van der Waals surface area contributed by atoms with Crippen LogP contribution in [0, 0.1) is 0 Å². The number of nitrogens with one attached hydrogen (secondary N) is 1. The summed E-state index contributed by atoms with van der Waals surface area (Å²) in [4.78, 5) is 16.1. The van der Waals surface area contributed by atoms with Gasteiger partial charge in [0.25, 0.3) is 0 Å². The molecule has 10 heteroatoms. The number of benzene rings is 2. The minimum atomic E-state index is -3.84. The average molecular weight is 574 g/mol. The van der Waals surface area contributed by atoms with E-state index in [-0.39, 0.29) is 29.4 Å². The van der Waals surface area contributed by atoms with Crippen molar-refractivity contribution in [1.29, 1.82) is 0 Å². The molecule has 0 bridgehead atoms. The summed E-state index contributed by atoms with van der Waals surface area (Å²) in [6.45, 7) is 7.80. The van der Waals surface area contributed by atoms with E-state index in [0.717, 1.165) is 35.8 Å². The minimum absolute atomic E-state index is 0.00841. The maximum atomic E-state index is 14.0. The molecule has 0 radical (unpaired) electrons. The van der Waals surface area contributed by atoms with Crippen LogP contribution in [0.25, 0.3) is 0 Å². The number of rotatable bonds is 10. The fourth-order valence-electron chi connectivity index (χ4n) is 5.84. The first-order chi connectivity index (χ1) is 18.5. The second-order valence-electron chi connectivity index (χ2n) is 10.7. The number of nitrogens with zero attached hydrogens (tertiary/aromatic N) is 2. The van der Waals surface area contributed by atoms with Crippen molar-refractivity contribution in [2.24, 2.45) is 0 Å². The summed E-state index contributed by atoms with van der Waals surface area (Å²) in [5, 5.41) is 0.818. The van der Waals surface area contributed by atoms with Crippen molar-refractivity contribution >= 4 is 26.0 Å². The molecule has 2 saturated heterocycles. The van der Waals surface area contributed by atoms with Crippen molar-refractivity contribution < 1.29 is 21.6 Å². The van der Waals surface area contributed by atoms with Crippen molar-refractivity contribution in [3.63, 3.8) is 0 Å². The van der Waals surface area contributed by atoms with Gasteiger partial charge in [-0.2, -0.15) is 4.31 Å². The zero-order valence-corrected chi connectivity index (χ0v) is 24.3. The fraction of sp³-hybridized carbons (Fsp3) is 0.483. The van der Waals surface area contributed by atoms with Gasteiger partial charge in [0.2, 0.25) is 26.0 Å². The molecule has 2 heterocycles. The van der Waals surface area contributed by atoms with Crippen LogP contribution in [0.5, 0.6) is 0 Å². The van der Waals surface area contributed by atoms with Crippen LogP contribution < -0.4 is 4.72 Å². The van der Waals surface area contributed by atoms with Crippen LogP contribution in [0.3, 0.4) is 0 Å². The first-order valence-corrected chi connectivity index (χ1v) is 16.6. The third-order valence-electron chi connectivity index (χ3n) is 7.98. The topological polar surface area (TPSA) is 104 Å². The third-order valence-corrected chi connectivity index (χ3v) is 11.0. The highest BCUT2D eigenvalue weighted by Gasteiger charge is 2.37. The van der Waals surface area contributed by atoms with Gasteiger partial charge in [-0.15, -0.1) is 0 Å². The smallest absolute Gasteiger partial charge is 0.243 e. The van der Waals surface area contributed by atoms with E-state index < -0.39 is 32.0 Å². The number of hydrogen-bond donors (Lipinski definition) is 1. The van der Waals surface area contributed by atoms with Crippen molar-refractivity contribution in [2.75, 3.05) is 13.1 Å². The molecule has 8 nitrogen and oxygen atoms in total. The molecule has 212 valence electrons. The Morgan fingerprint density at radius 2 is 1.62 bits per heavy atom. The first-order valence-electron chi connectivity index (χ1n) is 13.6. The Morgan fingerprint density at radius 1 is 0.974 bits per heavy atom. The molecule has 2 fully saturated rings. The number of hydrogen-bond acceptors (Lipinski definition) is 5. The molecule has 1 unspecified atom stereocenters. The van der Waals surface area contributed by atoms with Crippen LogP contribution >= 0.6 is 0 Å². The molecule has 2 aliphatic heterocycles. The van der Waals surface area contributed by atoms with Gasteiger partial charge in [0.1, 0.15) is 0 Å². The molecular formula is C29H39N3O5S2. The summed E-state index contributed by atoms with van der Waals surface area (Å²) in [7, 11) is -7.50. The van der Waals surface area contributed by atoms with Crippen LogP contribution in [-0.2, 0) is 31.3 Å². The molecule has 0 aliphatic carbocycles. The Morgan fingerprint density at radius 3 is 2.23 bits per heavy atom. The summed E-state index contributed by atoms with van der Waals surface area (Å²) in [5.74, 6) is -0.358. The van der Waals surface area contributed by atoms with Gasteiger partial charge in [-0.3, -0.25) is 4.79 Å². The summed E-state index contributed by atoms with van der Waals surface area (Å²) in [6.07, 6.45) is 4.80. The van der Waals surface area contributed by atoms with E-state index in [0.29, 0.717) is 25.8 Å². The minimum Gasteiger partial charge on any atom is -0.337 e. The predicted molar refractivity (Wildman–Crippen MR) is 153 cm³/mol. The molecule has 0 aromatic heterocycles. The van der Waals surface area contributed by atoms with Crippen molar-refractivity contribution in [3.05, 3.63) is 77.7 Å². The van der Waals surface area contributed by atoms with E-state index in [1.165, 1.54) is 4.31 Å². The molecule has 4 rings (SSSR count). The normalized spacial score (nSPS) is 23.4. The molecule has 2 aliphatic rings. The Labute approximate surface area is 233 Å². The molecule has 2 aromatic rings. The van der Waals surface area contributed by atoms with Gasteiger partial charge in [0, 0.05) is 36.6 Å². The highest BCUT2D eigenvalue weighted by atomic mass is 32.2. The summed E-state index contributed by atoms with van der Waals surface area (Å²) >= 11 is 0.